The number of methoxy groups -OCH3 is 1. The van der Waals surface area contributed by atoms with Gasteiger partial charge in [0.1, 0.15) is 17.3 Å². The van der Waals surface area contributed by atoms with Crippen LogP contribution in [0.2, 0.25) is 0 Å². The van der Waals surface area contributed by atoms with Crippen molar-refractivity contribution in [1.82, 2.24) is 9.97 Å². The molecule has 0 spiro atoms. The van der Waals surface area contributed by atoms with Gasteiger partial charge in [-0.25, -0.2) is 4.98 Å². The van der Waals surface area contributed by atoms with Crippen LogP contribution in [0.3, 0.4) is 0 Å². The maximum absolute atomic E-state index is 11.4. The van der Waals surface area contributed by atoms with Crippen molar-refractivity contribution >= 4 is 23.1 Å². The van der Waals surface area contributed by atoms with Crippen molar-refractivity contribution in [3.63, 3.8) is 0 Å². The third-order valence-corrected chi connectivity index (χ3v) is 4.39. The van der Waals surface area contributed by atoms with E-state index in [1.807, 2.05) is 6.07 Å². The quantitative estimate of drug-likeness (QED) is 0.538. The molecule has 0 radical (unpaired) electrons. The van der Waals surface area contributed by atoms with E-state index in [1.165, 1.54) is 13.2 Å². The summed E-state index contributed by atoms with van der Waals surface area (Å²) in [4.78, 5) is 20.0. The lowest BCUT2D eigenvalue weighted by Crippen LogP contribution is -2.16. The van der Waals surface area contributed by atoms with Crippen molar-refractivity contribution in [3.05, 3.63) is 40.1 Å². The largest absolute Gasteiger partial charge is 0.496 e. The highest BCUT2D eigenvalue weighted by molar-refractivity contribution is 5.70. The second-order valence-corrected chi connectivity index (χ2v) is 6.49. The Morgan fingerprint density at radius 3 is 2.73 bits per heavy atom. The van der Waals surface area contributed by atoms with Crippen molar-refractivity contribution in [2.45, 2.75) is 45.1 Å². The minimum absolute atomic E-state index is 0.0626. The van der Waals surface area contributed by atoms with Crippen LogP contribution in [0, 0.1) is 10.1 Å². The summed E-state index contributed by atoms with van der Waals surface area (Å²) in [6, 6.07) is 6.80. The average molecular weight is 357 g/mol. The highest BCUT2D eigenvalue weighted by Gasteiger charge is 2.27. The standard InChI is InChI=1S/C18H23N5O3/c1-4-11(2)19-18-21-15(12-5-6-12)10-17(22-18)20-14-8-7-13(26-3)9-16(14)23(24)25/h7-12H,4-6H2,1-3H3,(H2,19,20,21,22)/t11-/m1/s1. The molecule has 0 unspecified atom stereocenters. The molecule has 1 aliphatic rings. The van der Waals surface area contributed by atoms with Gasteiger partial charge in [0.25, 0.3) is 5.69 Å². The Bertz CT molecular complexity index is 807. The van der Waals surface area contributed by atoms with Gasteiger partial charge in [0.2, 0.25) is 5.95 Å². The number of aromatic nitrogens is 2. The van der Waals surface area contributed by atoms with Gasteiger partial charge < -0.3 is 15.4 Å². The number of nitrogens with zero attached hydrogens (tertiary/aromatic N) is 3. The number of hydrogen-bond acceptors (Lipinski definition) is 7. The fraction of sp³-hybridized carbons (Fsp3) is 0.444. The zero-order chi connectivity index (χ0) is 18.7. The van der Waals surface area contributed by atoms with Crippen molar-refractivity contribution in [2.75, 3.05) is 17.7 Å². The molecular formula is C18H23N5O3. The molecule has 1 saturated carbocycles. The van der Waals surface area contributed by atoms with Gasteiger partial charge in [-0.05, 0) is 38.3 Å². The van der Waals surface area contributed by atoms with Crippen LogP contribution in [-0.4, -0.2) is 28.0 Å². The molecular weight excluding hydrogens is 334 g/mol. The molecule has 0 saturated heterocycles. The van der Waals surface area contributed by atoms with Crippen molar-refractivity contribution < 1.29 is 9.66 Å². The third-order valence-electron chi connectivity index (χ3n) is 4.39. The van der Waals surface area contributed by atoms with Crippen LogP contribution in [0.25, 0.3) is 0 Å². The number of rotatable bonds is 8. The third kappa shape index (κ3) is 4.19. The Balaban J connectivity index is 1.92. The Hall–Kier alpha value is -2.90. The van der Waals surface area contributed by atoms with Gasteiger partial charge in [-0.1, -0.05) is 6.92 Å². The van der Waals surface area contributed by atoms with Gasteiger partial charge in [0.15, 0.2) is 0 Å². The number of nitro benzene ring substituents is 1. The van der Waals surface area contributed by atoms with Gasteiger partial charge in [-0.3, -0.25) is 10.1 Å². The minimum atomic E-state index is -0.438. The van der Waals surface area contributed by atoms with Crippen molar-refractivity contribution in [1.29, 1.82) is 0 Å². The molecule has 1 atom stereocenters. The Kier molecular flexibility index (Phi) is 5.20. The Morgan fingerprint density at radius 1 is 1.35 bits per heavy atom. The molecule has 138 valence electrons. The summed E-state index contributed by atoms with van der Waals surface area (Å²) in [6.07, 6.45) is 3.17. The van der Waals surface area contributed by atoms with E-state index in [-0.39, 0.29) is 11.7 Å². The molecule has 26 heavy (non-hydrogen) atoms. The van der Waals surface area contributed by atoms with Crippen molar-refractivity contribution in [3.8, 4) is 5.75 Å². The zero-order valence-electron chi connectivity index (χ0n) is 15.2. The second kappa shape index (κ2) is 7.55. The van der Waals surface area contributed by atoms with Crippen LogP contribution in [0.4, 0.5) is 23.1 Å². The minimum Gasteiger partial charge on any atom is -0.496 e. The molecule has 0 amide bonds. The predicted octanol–water partition coefficient (Wildman–Crippen LogP) is 4.22. The van der Waals surface area contributed by atoms with E-state index < -0.39 is 4.92 Å². The fourth-order valence-corrected chi connectivity index (χ4v) is 2.54. The molecule has 1 aliphatic carbocycles. The molecule has 2 aromatic rings. The summed E-state index contributed by atoms with van der Waals surface area (Å²) in [5, 5.41) is 17.7. The first kappa shape index (κ1) is 17.9. The molecule has 1 heterocycles. The van der Waals surface area contributed by atoms with Crippen LogP contribution in [0.15, 0.2) is 24.3 Å². The molecule has 2 N–H and O–H groups in total. The van der Waals surface area contributed by atoms with Gasteiger partial charge in [-0.2, -0.15) is 4.98 Å². The number of nitrogens with one attached hydrogen (secondary N) is 2. The van der Waals surface area contributed by atoms with Crippen LogP contribution < -0.4 is 15.4 Å². The maximum Gasteiger partial charge on any atom is 0.296 e. The Morgan fingerprint density at radius 2 is 2.12 bits per heavy atom. The zero-order valence-corrected chi connectivity index (χ0v) is 15.2. The molecule has 8 heteroatoms. The van der Waals surface area contributed by atoms with Crippen LogP contribution in [0.5, 0.6) is 5.75 Å². The van der Waals surface area contributed by atoms with E-state index in [4.69, 9.17) is 4.74 Å². The first-order chi connectivity index (χ1) is 12.5. The first-order valence-electron chi connectivity index (χ1n) is 8.75. The molecule has 3 rings (SSSR count). The lowest BCUT2D eigenvalue weighted by molar-refractivity contribution is -0.384. The average Bonchev–Trinajstić information content (AvgIpc) is 3.46. The molecule has 0 aliphatic heterocycles. The lowest BCUT2D eigenvalue weighted by atomic mass is 10.2. The smallest absolute Gasteiger partial charge is 0.296 e. The van der Waals surface area contributed by atoms with E-state index in [0.29, 0.717) is 29.1 Å². The predicted molar refractivity (Wildman–Crippen MR) is 100 cm³/mol. The summed E-state index contributed by atoms with van der Waals surface area (Å²) in [7, 11) is 1.48. The lowest BCUT2D eigenvalue weighted by Gasteiger charge is -2.14. The highest BCUT2D eigenvalue weighted by Crippen LogP contribution is 2.40. The van der Waals surface area contributed by atoms with Gasteiger partial charge in [0, 0.05) is 18.0 Å². The normalized spacial score (nSPS) is 14.6. The second-order valence-electron chi connectivity index (χ2n) is 6.49. The highest BCUT2D eigenvalue weighted by atomic mass is 16.6. The van der Waals surface area contributed by atoms with Gasteiger partial charge in [-0.15, -0.1) is 0 Å². The number of ether oxygens (including phenoxy) is 1. The number of hydrogen-bond donors (Lipinski definition) is 2. The number of anilines is 3. The molecule has 1 aromatic carbocycles. The van der Waals surface area contributed by atoms with E-state index in [9.17, 15) is 10.1 Å². The monoisotopic (exact) mass is 357 g/mol. The summed E-state index contributed by atoms with van der Waals surface area (Å²) in [5.41, 5.74) is 1.27. The van der Waals surface area contributed by atoms with E-state index in [1.54, 1.807) is 12.1 Å². The van der Waals surface area contributed by atoms with Crippen LogP contribution >= 0.6 is 0 Å². The summed E-state index contributed by atoms with van der Waals surface area (Å²) in [5.74, 6) is 1.97. The Labute approximate surface area is 152 Å². The molecule has 0 bridgehead atoms. The van der Waals surface area contributed by atoms with Crippen LogP contribution in [0.1, 0.15) is 44.7 Å². The van der Waals surface area contributed by atoms with E-state index >= 15 is 0 Å². The first-order valence-corrected chi connectivity index (χ1v) is 8.75. The van der Waals surface area contributed by atoms with Crippen molar-refractivity contribution in [2.24, 2.45) is 0 Å². The summed E-state index contributed by atoms with van der Waals surface area (Å²) < 4.78 is 5.08. The van der Waals surface area contributed by atoms with Crippen LogP contribution in [-0.2, 0) is 0 Å². The topological polar surface area (TPSA) is 102 Å². The fourth-order valence-electron chi connectivity index (χ4n) is 2.54. The number of nitro groups is 1. The van der Waals surface area contributed by atoms with E-state index in [2.05, 4.69) is 34.4 Å². The maximum atomic E-state index is 11.4. The van der Waals surface area contributed by atoms with E-state index in [0.717, 1.165) is 25.0 Å². The van der Waals surface area contributed by atoms with Gasteiger partial charge >= 0.3 is 0 Å². The molecule has 1 aromatic heterocycles. The molecule has 8 nitrogen and oxygen atoms in total. The summed E-state index contributed by atoms with van der Waals surface area (Å²) in [6.45, 7) is 4.15. The SMILES string of the molecule is CC[C@@H](C)Nc1nc(Nc2ccc(OC)cc2[N+](=O)[O-])cc(C2CC2)n1. The molecule has 1 fully saturated rings. The van der Waals surface area contributed by atoms with Gasteiger partial charge in [0.05, 0.1) is 23.8 Å². The summed E-state index contributed by atoms with van der Waals surface area (Å²) >= 11 is 0. The number of benzene rings is 1.